The fourth-order valence-electron chi connectivity index (χ4n) is 2.30. The second-order valence-electron chi connectivity index (χ2n) is 4.74. The Morgan fingerprint density at radius 3 is 2.94 bits per heavy atom. The Labute approximate surface area is 105 Å². The summed E-state index contributed by atoms with van der Waals surface area (Å²) in [4.78, 5) is 11.8. The zero-order chi connectivity index (χ0) is 13.1. The van der Waals surface area contributed by atoms with Gasteiger partial charge in [-0.3, -0.25) is 4.79 Å². The van der Waals surface area contributed by atoms with E-state index in [2.05, 4.69) is 5.32 Å². The number of amides is 1. The maximum absolute atomic E-state index is 13.2. The number of aliphatic hydroxyl groups is 1. The minimum absolute atomic E-state index is 0.124. The van der Waals surface area contributed by atoms with E-state index in [1.54, 1.807) is 0 Å². The minimum Gasteiger partial charge on any atom is -0.396 e. The quantitative estimate of drug-likeness (QED) is 0.710. The largest absolute Gasteiger partial charge is 0.396 e. The van der Waals surface area contributed by atoms with Gasteiger partial charge in [-0.1, -0.05) is 6.07 Å². The van der Waals surface area contributed by atoms with E-state index in [0.717, 1.165) is 12.8 Å². The molecule has 1 fully saturated rings. The third-order valence-electron chi connectivity index (χ3n) is 3.36. The number of anilines is 1. The Balaban J connectivity index is 1.94. The van der Waals surface area contributed by atoms with E-state index in [9.17, 15) is 14.3 Å². The van der Waals surface area contributed by atoms with Gasteiger partial charge < -0.3 is 16.2 Å². The van der Waals surface area contributed by atoms with E-state index in [1.165, 1.54) is 18.2 Å². The third-order valence-corrected chi connectivity index (χ3v) is 3.36. The van der Waals surface area contributed by atoms with Gasteiger partial charge in [0, 0.05) is 6.54 Å². The van der Waals surface area contributed by atoms with Gasteiger partial charge in [0.1, 0.15) is 5.82 Å². The zero-order valence-corrected chi connectivity index (χ0v) is 10.0. The topological polar surface area (TPSA) is 75.4 Å². The molecule has 1 aromatic carbocycles. The lowest BCUT2D eigenvalue weighted by atomic mass is 10.1. The first kappa shape index (κ1) is 12.8. The van der Waals surface area contributed by atoms with Crippen molar-refractivity contribution in [2.45, 2.75) is 25.4 Å². The average molecular weight is 252 g/mol. The summed E-state index contributed by atoms with van der Waals surface area (Å²) < 4.78 is 13.2. The molecule has 1 saturated carbocycles. The molecular formula is C13H17FN2O2. The highest BCUT2D eigenvalue weighted by molar-refractivity contribution is 5.99. The fraction of sp³-hybridized carbons (Fsp3) is 0.462. The van der Waals surface area contributed by atoms with Crippen LogP contribution in [-0.4, -0.2) is 23.7 Å². The number of nitrogens with one attached hydrogen (secondary N) is 1. The van der Waals surface area contributed by atoms with Crippen molar-refractivity contribution in [1.29, 1.82) is 0 Å². The normalized spacial score (nSPS) is 23.0. The van der Waals surface area contributed by atoms with Crippen molar-refractivity contribution >= 4 is 11.6 Å². The van der Waals surface area contributed by atoms with Gasteiger partial charge in [-0.25, -0.2) is 4.39 Å². The number of carbonyl (C=O) groups excluding carboxylic acids is 1. The van der Waals surface area contributed by atoms with Gasteiger partial charge in [0.2, 0.25) is 0 Å². The first-order valence-electron chi connectivity index (χ1n) is 6.08. The Bertz CT molecular complexity index is 451. The van der Waals surface area contributed by atoms with Crippen molar-refractivity contribution in [3.8, 4) is 0 Å². The summed E-state index contributed by atoms with van der Waals surface area (Å²) in [7, 11) is 0. The number of aliphatic hydroxyl groups excluding tert-OH is 1. The molecule has 4 N–H and O–H groups in total. The van der Waals surface area contributed by atoms with Crippen LogP contribution in [0, 0.1) is 11.7 Å². The smallest absolute Gasteiger partial charge is 0.253 e. The highest BCUT2D eigenvalue weighted by atomic mass is 19.1. The van der Waals surface area contributed by atoms with Gasteiger partial charge >= 0.3 is 0 Å². The van der Waals surface area contributed by atoms with E-state index >= 15 is 0 Å². The molecule has 2 rings (SSSR count). The summed E-state index contributed by atoms with van der Waals surface area (Å²) in [6, 6.07) is 4.18. The molecule has 0 aliphatic heterocycles. The molecule has 1 amide bonds. The third kappa shape index (κ3) is 2.79. The van der Waals surface area contributed by atoms with Crippen LogP contribution in [0.4, 0.5) is 10.1 Å². The van der Waals surface area contributed by atoms with Crippen LogP contribution in [0.2, 0.25) is 0 Å². The molecule has 98 valence electrons. The second-order valence-corrected chi connectivity index (χ2v) is 4.74. The molecule has 0 saturated heterocycles. The highest BCUT2D eigenvalue weighted by Crippen LogP contribution is 2.24. The predicted octanol–water partition coefficient (Wildman–Crippen LogP) is 1.30. The van der Waals surface area contributed by atoms with Crippen molar-refractivity contribution in [1.82, 2.24) is 5.32 Å². The molecule has 0 radical (unpaired) electrons. The number of benzene rings is 1. The van der Waals surface area contributed by atoms with Crippen LogP contribution in [-0.2, 0) is 0 Å². The van der Waals surface area contributed by atoms with Crippen LogP contribution in [0.15, 0.2) is 18.2 Å². The maximum atomic E-state index is 13.2. The summed E-state index contributed by atoms with van der Waals surface area (Å²) in [6.45, 7) is 0.492. The molecule has 5 heteroatoms. The van der Waals surface area contributed by atoms with Crippen LogP contribution in [0.5, 0.6) is 0 Å². The van der Waals surface area contributed by atoms with Crippen molar-refractivity contribution < 1.29 is 14.3 Å². The Morgan fingerprint density at radius 2 is 2.28 bits per heavy atom. The summed E-state index contributed by atoms with van der Waals surface area (Å²) >= 11 is 0. The number of hydrogen-bond donors (Lipinski definition) is 3. The molecule has 1 aliphatic carbocycles. The molecule has 1 aliphatic rings. The average Bonchev–Trinajstić information content (AvgIpc) is 2.76. The van der Waals surface area contributed by atoms with E-state index in [0.29, 0.717) is 18.9 Å². The summed E-state index contributed by atoms with van der Waals surface area (Å²) in [5.41, 5.74) is 5.55. The predicted molar refractivity (Wildman–Crippen MR) is 66.5 cm³/mol. The van der Waals surface area contributed by atoms with Gasteiger partial charge in [-0.2, -0.15) is 0 Å². The lowest BCUT2D eigenvalue weighted by Crippen LogP contribution is -2.29. The monoisotopic (exact) mass is 252 g/mol. The first-order chi connectivity index (χ1) is 8.58. The first-order valence-corrected chi connectivity index (χ1v) is 6.08. The molecule has 0 aromatic heterocycles. The summed E-state index contributed by atoms with van der Waals surface area (Å²) in [5.74, 6) is -0.661. The standard InChI is InChI=1S/C13H17FN2O2/c14-11-3-1-2-10(12(11)15)13(18)16-7-8-4-5-9(17)6-8/h1-3,8-9,17H,4-7,15H2,(H,16,18). The number of para-hydroxylation sites is 1. The van der Waals surface area contributed by atoms with Gasteiger partial charge in [-0.15, -0.1) is 0 Å². The Kier molecular flexibility index (Phi) is 3.81. The van der Waals surface area contributed by atoms with Gasteiger partial charge in [0.25, 0.3) is 5.91 Å². The number of hydrogen-bond acceptors (Lipinski definition) is 3. The molecule has 0 heterocycles. The molecule has 0 bridgehead atoms. The van der Waals surface area contributed by atoms with E-state index < -0.39 is 5.82 Å². The van der Waals surface area contributed by atoms with Crippen LogP contribution in [0.3, 0.4) is 0 Å². The van der Waals surface area contributed by atoms with Gasteiger partial charge in [0.05, 0.1) is 17.4 Å². The number of nitrogens with two attached hydrogens (primary N) is 1. The molecule has 0 spiro atoms. The van der Waals surface area contributed by atoms with Crippen LogP contribution >= 0.6 is 0 Å². The molecule has 18 heavy (non-hydrogen) atoms. The van der Waals surface area contributed by atoms with E-state index in [-0.39, 0.29) is 23.3 Å². The van der Waals surface area contributed by atoms with Gasteiger partial charge in [-0.05, 0) is 37.3 Å². The lowest BCUT2D eigenvalue weighted by Gasteiger charge is -2.12. The lowest BCUT2D eigenvalue weighted by molar-refractivity contribution is 0.0945. The van der Waals surface area contributed by atoms with Gasteiger partial charge in [0.15, 0.2) is 0 Å². The molecule has 1 aromatic rings. The van der Waals surface area contributed by atoms with E-state index in [1.807, 2.05) is 0 Å². The van der Waals surface area contributed by atoms with Crippen LogP contribution in [0.25, 0.3) is 0 Å². The van der Waals surface area contributed by atoms with Crippen LogP contribution in [0.1, 0.15) is 29.6 Å². The Hall–Kier alpha value is -1.62. The minimum atomic E-state index is -0.584. The van der Waals surface area contributed by atoms with Crippen molar-refractivity contribution in [3.05, 3.63) is 29.6 Å². The molecule has 2 atom stereocenters. The SMILES string of the molecule is Nc1c(F)cccc1C(=O)NCC1CCC(O)C1. The van der Waals surface area contributed by atoms with E-state index in [4.69, 9.17) is 5.73 Å². The molecule has 2 unspecified atom stereocenters. The summed E-state index contributed by atoms with van der Waals surface area (Å²) in [6.07, 6.45) is 2.13. The number of rotatable bonds is 3. The summed E-state index contributed by atoms with van der Waals surface area (Å²) in [5, 5.41) is 12.1. The highest BCUT2D eigenvalue weighted by Gasteiger charge is 2.23. The van der Waals surface area contributed by atoms with Crippen molar-refractivity contribution in [2.24, 2.45) is 5.92 Å². The number of nitrogen functional groups attached to an aromatic ring is 1. The maximum Gasteiger partial charge on any atom is 0.253 e. The molecular weight excluding hydrogens is 235 g/mol. The van der Waals surface area contributed by atoms with Crippen molar-refractivity contribution in [2.75, 3.05) is 12.3 Å². The van der Waals surface area contributed by atoms with Crippen molar-refractivity contribution in [3.63, 3.8) is 0 Å². The Morgan fingerprint density at radius 1 is 1.50 bits per heavy atom. The zero-order valence-electron chi connectivity index (χ0n) is 10.0. The fourth-order valence-corrected chi connectivity index (χ4v) is 2.30. The number of halogens is 1. The van der Waals surface area contributed by atoms with Crippen LogP contribution < -0.4 is 11.1 Å². The number of carbonyl (C=O) groups is 1. The molecule has 4 nitrogen and oxygen atoms in total. The second kappa shape index (κ2) is 5.35.